The molecule has 4 heteroatoms. The molecule has 0 amide bonds. The van der Waals surface area contributed by atoms with Crippen LogP contribution in [-0.4, -0.2) is 11.1 Å². The van der Waals surface area contributed by atoms with Crippen LogP contribution in [0.15, 0.2) is 39.7 Å². The summed E-state index contributed by atoms with van der Waals surface area (Å²) in [7, 11) is 0. The first-order valence-electron chi connectivity index (χ1n) is 3.94. The first kappa shape index (κ1) is 8.50. The number of carbonyl (C=O) groups is 1. The lowest BCUT2D eigenvalue weighted by Gasteiger charge is -1.98. The Morgan fingerprint density at radius 2 is 2.07 bits per heavy atom. The molecule has 0 unspecified atom stereocenters. The molecule has 1 heterocycles. The molecule has 4 nitrogen and oxygen atoms in total. The van der Waals surface area contributed by atoms with Gasteiger partial charge in [-0.2, -0.15) is 0 Å². The summed E-state index contributed by atoms with van der Waals surface area (Å²) < 4.78 is 5.00. The van der Waals surface area contributed by atoms with Gasteiger partial charge in [-0.05, 0) is 12.1 Å². The second kappa shape index (κ2) is 2.99. The van der Waals surface area contributed by atoms with Crippen LogP contribution in [0, 0.1) is 0 Å². The molecule has 0 fully saturated rings. The fourth-order valence-corrected chi connectivity index (χ4v) is 1.28. The standard InChI is InChI=1S/C10H6O4/c11-8-4-5-14-9-6(8)2-1-3-7(9)10(12)13/h1-5H,(H,12,13). The van der Waals surface area contributed by atoms with Crippen molar-refractivity contribution < 1.29 is 14.3 Å². The van der Waals surface area contributed by atoms with Crippen molar-refractivity contribution >= 4 is 16.9 Å². The van der Waals surface area contributed by atoms with E-state index in [4.69, 9.17) is 9.52 Å². The van der Waals surface area contributed by atoms with E-state index in [-0.39, 0.29) is 22.0 Å². The number of para-hydroxylation sites is 1. The van der Waals surface area contributed by atoms with Gasteiger partial charge in [-0.1, -0.05) is 6.07 Å². The van der Waals surface area contributed by atoms with Gasteiger partial charge in [0.25, 0.3) is 0 Å². The van der Waals surface area contributed by atoms with Crippen LogP contribution in [0.5, 0.6) is 0 Å². The molecule has 0 atom stereocenters. The Balaban J connectivity index is 2.95. The quantitative estimate of drug-likeness (QED) is 0.739. The number of fused-ring (bicyclic) bond motifs is 1. The Morgan fingerprint density at radius 1 is 1.29 bits per heavy atom. The van der Waals surface area contributed by atoms with Crippen LogP contribution in [0.25, 0.3) is 11.0 Å². The van der Waals surface area contributed by atoms with E-state index in [0.29, 0.717) is 0 Å². The Hall–Kier alpha value is -2.10. The van der Waals surface area contributed by atoms with Gasteiger partial charge in [0.1, 0.15) is 5.56 Å². The molecule has 14 heavy (non-hydrogen) atoms. The number of benzene rings is 1. The van der Waals surface area contributed by atoms with Gasteiger partial charge in [0.05, 0.1) is 11.6 Å². The molecule has 0 aliphatic rings. The van der Waals surface area contributed by atoms with E-state index in [0.717, 1.165) is 0 Å². The average molecular weight is 190 g/mol. The van der Waals surface area contributed by atoms with Gasteiger partial charge >= 0.3 is 5.97 Å². The zero-order valence-electron chi connectivity index (χ0n) is 7.06. The maximum atomic E-state index is 11.3. The molecule has 1 N–H and O–H groups in total. The topological polar surface area (TPSA) is 67.5 Å². The molecule has 0 saturated carbocycles. The second-order valence-corrected chi connectivity index (χ2v) is 2.77. The lowest BCUT2D eigenvalue weighted by Crippen LogP contribution is -2.03. The predicted octanol–water partition coefficient (Wildman–Crippen LogP) is 1.49. The van der Waals surface area contributed by atoms with Gasteiger partial charge in [0, 0.05) is 6.07 Å². The van der Waals surface area contributed by atoms with Crippen molar-refractivity contribution in [2.24, 2.45) is 0 Å². The van der Waals surface area contributed by atoms with E-state index in [1.54, 1.807) is 0 Å². The van der Waals surface area contributed by atoms with Crippen LogP contribution in [0.1, 0.15) is 10.4 Å². The summed E-state index contributed by atoms with van der Waals surface area (Å²) in [4.78, 5) is 22.1. The van der Waals surface area contributed by atoms with E-state index < -0.39 is 5.97 Å². The third kappa shape index (κ3) is 1.17. The molecular weight excluding hydrogens is 184 g/mol. The van der Waals surface area contributed by atoms with Crippen molar-refractivity contribution in [1.82, 2.24) is 0 Å². The average Bonchev–Trinajstić information content (AvgIpc) is 2.17. The second-order valence-electron chi connectivity index (χ2n) is 2.77. The van der Waals surface area contributed by atoms with Crippen LogP contribution < -0.4 is 5.43 Å². The van der Waals surface area contributed by atoms with Crippen molar-refractivity contribution in [3.05, 3.63) is 46.3 Å². The molecule has 2 rings (SSSR count). The van der Waals surface area contributed by atoms with Crippen molar-refractivity contribution in [3.63, 3.8) is 0 Å². The zero-order valence-corrected chi connectivity index (χ0v) is 7.06. The molecule has 1 aromatic carbocycles. The van der Waals surface area contributed by atoms with Crippen molar-refractivity contribution in [2.75, 3.05) is 0 Å². The molecule has 0 saturated heterocycles. The fraction of sp³-hybridized carbons (Fsp3) is 0. The molecule has 0 aliphatic carbocycles. The number of carboxylic acid groups (broad SMARTS) is 1. The highest BCUT2D eigenvalue weighted by Gasteiger charge is 2.10. The smallest absolute Gasteiger partial charge is 0.339 e. The van der Waals surface area contributed by atoms with Gasteiger partial charge in [-0.15, -0.1) is 0 Å². The lowest BCUT2D eigenvalue weighted by atomic mass is 10.1. The Kier molecular flexibility index (Phi) is 1.81. The normalized spacial score (nSPS) is 10.3. The minimum Gasteiger partial charge on any atom is -0.478 e. The lowest BCUT2D eigenvalue weighted by molar-refractivity contribution is 0.0698. The minimum absolute atomic E-state index is 0.000185. The Morgan fingerprint density at radius 3 is 2.79 bits per heavy atom. The first-order chi connectivity index (χ1) is 6.70. The van der Waals surface area contributed by atoms with E-state index in [2.05, 4.69) is 0 Å². The fourth-order valence-electron chi connectivity index (χ4n) is 1.28. The Labute approximate surface area is 78.4 Å². The molecule has 70 valence electrons. The van der Waals surface area contributed by atoms with Gasteiger partial charge < -0.3 is 9.52 Å². The number of hydrogen-bond acceptors (Lipinski definition) is 3. The first-order valence-corrected chi connectivity index (χ1v) is 3.94. The van der Waals surface area contributed by atoms with Crippen LogP contribution in [0.2, 0.25) is 0 Å². The summed E-state index contributed by atoms with van der Waals surface area (Å²) in [5, 5.41) is 9.10. The predicted molar refractivity (Wildman–Crippen MR) is 49.4 cm³/mol. The van der Waals surface area contributed by atoms with Crippen LogP contribution in [0.3, 0.4) is 0 Å². The minimum atomic E-state index is -1.11. The molecule has 0 spiro atoms. The summed E-state index contributed by atoms with van der Waals surface area (Å²) in [6.07, 6.45) is 1.19. The summed E-state index contributed by atoms with van der Waals surface area (Å²) in [5.41, 5.74) is -0.123. The zero-order chi connectivity index (χ0) is 10.1. The van der Waals surface area contributed by atoms with Gasteiger partial charge in [-0.3, -0.25) is 4.79 Å². The van der Waals surface area contributed by atoms with Crippen LogP contribution in [0.4, 0.5) is 0 Å². The highest BCUT2D eigenvalue weighted by molar-refractivity contribution is 6.00. The maximum absolute atomic E-state index is 11.3. The molecule has 0 radical (unpaired) electrons. The van der Waals surface area contributed by atoms with Crippen LogP contribution in [-0.2, 0) is 0 Å². The number of aromatic carboxylic acids is 1. The van der Waals surface area contributed by atoms with Crippen molar-refractivity contribution in [1.29, 1.82) is 0 Å². The molecule has 0 bridgehead atoms. The van der Waals surface area contributed by atoms with E-state index in [9.17, 15) is 9.59 Å². The molecular formula is C10H6O4. The third-order valence-electron chi connectivity index (χ3n) is 1.92. The number of carboxylic acids is 1. The van der Waals surface area contributed by atoms with Gasteiger partial charge in [-0.25, -0.2) is 4.79 Å². The summed E-state index contributed by atoms with van der Waals surface area (Å²) in [6, 6.07) is 5.71. The van der Waals surface area contributed by atoms with E-state index in [1.807, 2.05) is 0 Å². The summed E-state index contributed by atoms with van der Waals surface area (Å²) in [5.74, 6) is -1.11. The highest BCUT2D eigenvalue weighted by atomic mass is 16.4. The van der Waals surface area contributed by atoms with Crippen molar-refractivity contribution in [2.45, 2.75) is 0 Å². The third-order valence-corrected chi connectivity index (χ3v) is 1.92. The van der Waals surface area contributed by atoms with Gasteiger partial charge in [0.2, 0.25) is 0 Å². The van der Waals surface area contributed by atoms with E-state index >= 15 is 0 Å². The number of hydrogen-bond donors (Lipinski definition) is 1. The van der Waals surface area contributed by atoms with E-state index in [1.165, 1.54) is 30.5 Å². The Bertz CT molecular complexity index is 553. The molecule has 1 aromatic heterocycles. The monoisotopic (exact) mass is 190 g/mol. The summed E-state index contributed by atoms with van der Waals surface area (Å²) in [6.45, 7) is 0. The van der Waals surface area contributed by atoms with Crippen molar-refractivity contribution in [3.8, 4) is 0 Å². The molecule has 2 aromatic rings. The summed E-state index contributed by atoms with van der Waals surface area (Å²) >= 11 is 0. The molecule has 0 aliphatic heterocycles. The number of rotatable bonds is 1. The van der Waals surface area contributed by atoms with Crippen LogP contribution >= 0.6 is 0 Å². The SMILES string of the molecule is O=C(O)c1cccc2c(=O)ccoc12. The maximum Gasteiger partial charge on any atom is 0.339 e. The highest BCUT2D eigenvalue weighted by Crippen LogP contribution is 2.14. The largest absolute Gasteiger partial charge is 0.478 e. The van der Waals surface area contributed by atoms with Gasteiger partial charge in [0.15, 0.2) is 11.0 Å².